The molecule has 2 heterocycles. The average Bonchev–Trinajstić information content (AvgIpc) is 3.08. The van der Waals surface area contributed by atoms with Gasteiger partial charge in [0.25, 0.3) is 0 Å². The van der Waals surface area contributed by atoms with E-state index < -0.39 is 0 Å². The first kappa shape index (κ1) is 15.7. The largest absolute Gasteiger partial charge is 0.259 e. The van der Waals surface area contributed by atoms with E-state index in [0.29, 0.717) is 6.54 Å². The molecule has 0 saturated carbocycles. The number of hydrogen-bond donors (Lipinski definition) is 0. The molecular formula is C23H16FN3. The van der Waals surface area contributed by atoms with Crippen LogP contribution in [0.2, 0.25) is 0 Å². The van der Waals surface area contributed by atoms with Crippen LogP contribution in [0, 0.1) is 5.82 Å². The summed E-state index contributed by atoms with van der Waals surface area (Å²) >= 11 is 0. The van der Waals surface area contributed by atoms with Crippen LogP contribution < -0.4 is 0 Å². The first-order valence-electron chi connectivity index (χ1n) is 8.84. The van der Waals surface area contributed by atoms with E-state index >= 15 is 0 Å². The molecule has 3 nitrogen and oxygen atoms in total. The number of nitrogens with zero attached hydrogens (tertiary/aromatic N) is 3. The van der Waals surface area contributed by atoms with Crippen molar-refractivity contribution in [3.05, 3.63) is 96.4 Å². The fourth-order valence-electron chi connectivity index (χ4n) is 3.51. The van der Waals surface area contributed by atoms with Gasteiger partial charge in [0.2, 0.25) is 0 Å². The molecule has 0 N–H and O–H groups in total. The van der Waals surface area contributed by atoms with Crippen LogP contribution >= 0.6 is 0 Å². The molecule has 0 aliphatic heterocycles. The minimum atomic E-state index is -0.273. The number of hydrogen-bond acceptors (Lipinski definition) is 2. The zero-order valence-corrected chi connectivity index (χ0v) is 14.5. The second-order valence-corrected chi connectivity index (χ2v) is 6.54. The molecule has 5 rings (SSSR count). The molecule has 0 atom stereocenters. The molecule has 0 amide bonds. The molecule has 0 aliphatic carbocycles. The lowest BCUT2D eigenvalue weighted by molar-refractivity contribution is 0.629. The molecule has 0 unspecified atom stereocenters. The summed E-state index contributed by atoms with van der Waals surface area (Å²) in [5, 5.41) is 6.59. The summed E-state index contributed by atoms with van der Waals surface area (Å²) in [5.74, 6) is -0.273. The summed E-state index contributed by atoms with van der Waals surface area (Å²) in [5.41, 5.74) is 4.69. The Morgan fingerprint density at radius 3 is 2.33 bits per heavy atom. The third-order valence-corrected chi connectivity index (χ3v) is 4.76. The van der Waals surface area contributed by atoms with Crippen molar-refractivity contribution in [1.82, 2.24) is 14.8 Å². The number of fused-ring (bicyclic) bond motifs is 3. The summed E-state index contributed by atoms with van der Waals surface area (Å²) in [6.45, 7) is 0.611. The maximum absolute atomic E-state index is 14.0. The van der Waals surface area contributed by atoms with Gasteiger partial charge >= 0.3 is 0 Å². The highest BCUT2D eigenvalue weighted by Gasteiger charge is 2.16. The predicted octanol–water partition coefficient (Wildman–Crippen LogP) is 5.44. The smallest absolute Gasteiger partial charge is 0.124 e. The first-order valence-corrected chi connectivity index (χ1v) is 8.84. The number of rotatable bonds is 3. The Morgan fingerprint density at radius 1 is 0.815 bits per heavy atom. The molecule has 27 heavy (non-hydrogen) atoms. The zero-order valence-electron chi connectivity index (χ0n) is 14.5. The summed E-state index contributed by atoms with van der Waals surface area (Å²) < 4.78 is 16.0. The maximum Gasteiger partial charge on any atom is 0.124 e. The highest BCUT2D eigenvalue weighted by Crippen LogP contribution is 2.32. The summed E-state index contributed by atoms with van der Waals surface area (Å²) in [6, 6.07) is 24.9. The Labute approximate surface area is 155 Å². The van der Waals surface area contributed by atoms with E-state index in [9.17, 15) is 4.39 Å². The lowest BCUT2D eigenvalue weighted by Crippen LogP contribution is -2.02. The van der Waals surface area contributed by atoms with Gasteiger partial charge in [0.1, 0.15) is 11.5 Å². The Morgan fingerprint density at radius 2 is 1.56 bits per heavy atom. The van der Waals surface area contributed by atoms with Gasteiger partial charge in [-0.25, -0.2) is 4.39 Å². The molecule has 0 fully saturated rings. The second-order valence-electron chi connectivity index (χ2n) is 6.54. The van der Waals surface area contributed by atoms with Crippen LogP contribution in [0.5, 0.6) is 0 Å². The predicted molar refractivity (Wildman–Crippen MR) is 106 cm³/mol. The van der Waals surface area contributed by atoms with Crippen LogP contribution in [0.4, 0.5) is 4.39 Å². The lowest BCUT2D eigenvalue weighted by Gasteiger charge is -2.06. The molecule has 3 aromatic carbocycles. The standard InChI is InChI=1S/C23H16FN3/c24-18-11-12-21-19(13-18)23-20(14-25-21)22(17-9-5-2-6-10-17)26-27(23)15-16-7-3-1-4-8-16/h1-14H,15H2. The van der Waals surface area contributed by atoms with E-state index in [2.05, 4.69) is 17.1 Å². The third-order valence-electron chi connectivity index (χ3n) is 4.76. The van der Waals surface area contributed by atoms with E-state index in [1.54, 1.807) is 12.1 Å². The molecule has 5 aromatic rings. The topological polar surface area (TPSA) is 30.7 Å². The van der Waals surface area contributed by atoms with Gasteiger partial charge in [-0.15, -0.1) is 0 Å². The summed E-state index contributed by atoms with van der Waals surface area (Å²) in [6.07, 6.45) is 1.84. The lowest BCUT2D eigenvalue weighted by atomic mass is 10.1. The normalized spacial score (nSPS) is 11.3. The maximum atomic E-state index is 14.0. The Kier molecular flexibility index (Phi) is 3.68. The Bertz CT molecular complexity index is 1240. The average molecular weight is 353 g/mol. The quantitative estimate of drug-likeness (QED) is 0.432. The molecule has 0 aliphatic rings. The molecule has 130 valence electrons. The van der Waals surface area contributed by atoms with E-state index in [0.717, 1.165) is 38.6 Å². The minimum absolute atomic E-state index is 0.273. The van der Waals surface area contributed by atoms with E-state index in [1.807, 2.05) is 59.4 Å². The minimum Gasteiger partial charge on any atom is -0.259 e. The van der Waals surface area contributed by atoms with Crippen molar-refractivity contribution in [3.8, 4) is 11.3 Å². The van der Waals surface area contributed by atoms with E-state index in [1.165, 1.54) is 6.07 Å². The fourth-order valence-corrected chi connectivity index (χ4v) is 3.51. The van der Waals surface area contributed by atoms with Crippen LogP contribution in [0.1, 0.15) is 5.56 Å². The van der Waals surface area contributed by atoms with Crippen LogP contribution in [-0.4, -0.2) is 14.8 Å². The second kappa shape index (κ2) is 6.32. The monoisotopic (exact) mass is 353 g/mol. The van der Waals surface area contributed by atoms with Gasteiger partial charge in [-0.05, 0) is 23.8 Å². The molecule has 2 aromatic heterocycles. The fraction of sp³-hybridized carbons (Fsp3) is 0.0435. The van der Waals surface area contributed by atoms with Crippen LogP contribution in [-0.2, 0) is 6.54 Å². The summed E-state index contributed by atoms with van der Waals surface area (Å²) in [4.78, 5) is 4.54. The van der Waals surface area contributed by atoms with Gasteiger partial charge in [0, 0.05) is 22.5 Å². The van der Waals surface area contributed by atoms with Crippen molar-refractivity contribution in [2.45, 2.75) is 6.54 Å². The van der Waals surface area contributed by atoms with Gasteiger partial charge in [0.05, 0.1) is 17.6 Å². The number of benzene rings is 3. The van der Waals surface area contributed by atoms with Crippen molar-refractivity contribution in [2.24, 2.45) is 0 Å². The summed E-state index contributed by atoms with van der Waals surface area (Å²) in [7, 11) is 0. The molecule has 0 radical (unpaired) electrons. The van der Waals surface area contributed by atoms with Gasteiger partial charge in [0.15, 0.2) is 0 Å². The molecule has 0 bridgehead atoms. The van der Waals surface area contributed by atoms with E-state index in [-0.39, 0.29) is 5.82 Å². The Balaban J connectivity index is 1.82. The first-order chi connectivity index (χ1) is 13.3. The SMILES string of the molecule is Fc1ccc2ncc3c(-c4ccccc4)nn(Cc4ccccc4)c3c2c1. The highest BCUT2D eigenvalue weighted by molar-refractivity contribution is 6.08. The highest BCUT2D eigenvalue weighted by atomic mass is 19.1. The van der Waals surface area contributed by atoms with Gasteiger partial charge in [-0.1, -0.05) is 60.7 Å². The van der Waals surface area contributed by atoms with Gasteiger partial charge in [-0.2, -0.15) is 5.10 Å². The molecule has 0 spiro atoms. The number of halogens is 1. The molecule has 4 heteroatoms. The zero-order chi connectivity index (χ0) is 18.2. The number of pyridine rings is 1. The van der Waals surface area contributed by atoms with E-state index in [4.69, 9.17) is 5.10 Å². The van der Waals surface area contributed by atoms with Crippen molar-refractivity contribution in [3.63, 3.8) is 0 Å². The molecule has 0 saturated heterocycles. The van der Waals surface area contributed by atoms with Crippen molar-refractivity contribution in [1.29, 1.82) is 0 Å². The van der Waals surface area contributed by atoms with Crippen molar-refractivity contribution >= 4 is 21.8 Å². The number of aromatic nitrogens is 3. The Hall–Kier alpha value is -3.53. The van der Waals surface area contributed by atoms with Gasteiger partial charge in [-0.3, -0.25) is 9.67 Å². The van der Waals surface area contributed by atoms with Gasteiger partial charge < -0.3 is 0 Å². The molecular weight excluding hydrogens is 337 g/mol. The van der Waals surface area contributed by atoms with Crippen molar-refractivity contribution in [2.75, 3.05) is 0 Å². The van der Waals surface area contributed by atoms with Crippen molar-refractivity contribution < 1.29 is 4.39 Å². The van der Waals surface area contributed by atoms with Crippen LogP contribution in [0.25, 0.3) is 33.1 Å². The van der Waals surface area contributed by atoms with Crippen LogP contribution in [0.3, 0.4) is 0 Å². The third kappa shape index (κ3) is 2.75. The van der Waals surface area contributed by atoms with Crippen LogP contribution in [0.15, 0.2) is 85.1 Å².